The molecule has 1 heterocycles. The number of ether oxygens (including phenoxy) is 2. The molecule has 7 nitrogen and oxygen atoms in total. The maximum absolute atomic E-state index is 8.93. The molecule has 8 heteroatoms. The monoisotopic (exact) mass is 323 g/mol. The van der Waals surface area contributed by atoms with Crippen LogP contribution in [0.3, 0.4) is 0 Å². The van der Waals surface area contributed by atoms with Crippen molar-refractivity contribution in [3.8, 4) is 11.5 Å². The van der Waals surface area contributed by atoms with E-state index in [9.17, 15) is 0 Å². The molecular formula is C14H17N3O4S. The van der Waals surface area contributed by atoms with E-state index >= 15 is 0 Å². The van der Waals surface area contributed by atoms with Gasteiger partial charge in [0.05, 0.1) is 13.2 Å². The van der Waals surface area contributed by atoms with Gasteiger partial charge in [-0.3, -0.25) is 0 Å². The van der Waals surface area contributed by atoms with Gasteiger partial charge in [0.15, 0.2) is 5.75 Å². The molecule has 0 saturated heterocycles. The summed E-state index contributed by atoms with van der Waals surface area (Å²) in [6, 6.07) is 3.45. The molecule has 0 aliphatic heterocycles. The lowest BCUT2D eigenvalue weighted by Gasteiger charge is -2.12. The van der Waals surface area contributed by atoms with Crippen molar-refractivity contribution in [2.75, 3.05) is 26.4 Å². The summed E-state index contributed by atoms with van der Waals surface area (Å²) in [6.45, 7) is 2.01. The van der Waals surface area contributed by atoms with Crippen molar-refractivity contribution >= 4 is 22.2 Å². The summed E-state index contributed by atoms with van der Waals surface area (Å²) in [5.41, 5.74) is 1.36. The highest BCUT2D eigenvalue weighted by Gasteiger charge is 2.11. The number of aliphatic hydroxyl groups is 2. The van der Waals surface area contributed by atoms with Crippen molar-refractivity contribution in [3.63, 3.8) is 0 Å². The van der Waals surface area contributed by atoms with Crippen LogP contribution < -0.4 is 9.47 Å². The smallest absolute Gasteiger partial charge is 0.229 e. The summed E-state index contributed by atoms with van der Waals surface area (Å²) in [7, 11) is 0. The van der Waals surface area contributed by atoms with Gasteiger partial charge in [0.25, 0.3) is 0 Å². The second kappa shape index (κ2) is 8.42. The van der Waals surface area contributed by atoms with Crippen LogP contribution >= 0.6 is 11.3 Å². The molecule has 0 bridgehead atoms. The van der Waals surface area contributed by atoms with E-state index in [2.05, 4.69) is 15.2 Å². The zero-order valence-electron chi connectivity index (χ0n) is 12.1. The molecule has 1 aromatic carbocycles. The topological polar surface area (TPSA) is 96.5 Å². The van der Waals surface area contributed by atoms with Crippen molar-refractivity contribution < 1.29 is 19.7 Å². The number of aliphatic hydroxyl groups excluding tert-OH is 2. The highest BCUT2D eigenvalue weighted by molar-refractivity contribution is 7.13. The van der Waals surface area contributed by atoms with Gasteiger partial charge in [-0.2, -0.15) is 0 Å². The molecule has 0 aliphatic carbocycles. The van der Waals surface area contributed by atoms with E-state index in [4.69, 9.17) is 19.7 Å². The van der Waals surface area contributed by atoms with Gasteiger partial charge in [-0.15, -0.1) is 21.6 Å². The number of aromatic nitrogens is 1. The fourth-order valence-electron chi connectivity index (χ4n) is 1.71. The highest BCUT2D eigenvalue weighted by atomic mass is 32.1. The first-order valence-corrected chi connectivity index (χ1v) is 7.55. The first kappa shape index (κ1) is 16.3. The van der Waals surface area contributed by atoms with Gasteiger partial charge in [-0.05, 0) is 18.6 Å². The molecule has 2 N–H and O–H groups in total. The summed E-state index contributed by atoms with van der Waals surface area (Å²) in [5.74, 6) is 1.02. The molecule has 0 amide bonds. The van der Waals surface area contributed by atoms with E-state index < -0.39 is 0 Å². The van der Waals surface area contributed by atoms with Crippen molar-refractivity contribution in [1.29, 1.82) is 0 Å². The number of hydrogen-bond donors (Lipinski definition) is 2. The Morgan fingerprint density at radius 3 is 2.59 bits per heavy atom. The molecule has 0 fully saturated rings. The first-order valence-electron chi connectivity index (χ1n) is 6.67. The number of nitrogens with zero attached hydrogens (tertiary/aromatic N) is 3. The second-order valence-corrected chi connectivity index (χ2v) is 5.12. The predicted molar refractivity (Wildman–Crippen MR) is 82.6 cm³/mol. The Morgan fingerprint density at radius 2 is 1.91 bits per heavy atom. The van der Waals surface area contributed by atoms with Crippen LogP contribution in [0.25, 0.3) is 0 Å². The van der Waals surface area contributed by atoms with Crippen LogP contribution in [0.15, 0.2) is 33.9 Å². The third-order valence-corrected chi connectivity index (χ3v) is 3.26. The van der Waals surface area contributed by atoms with E-state index in [-0.39, 0.29) is 26.4 Å². The Morgan fingerprint density at radius 1 is 1.14 bits per heavy atom. The summed E-state index contributed by atoms with van der Waals surface area (Å²) >= 11 is 1.38. The van der Waals surface area contributed by atoms with E-state index in [1.165, 1.54) is 11.3 Å². The van der Waals surface area contributed by atoms with Gasteiger partial charge in [0, 0.05) is 17.6 Å². The van der Waals surface area contributed by atoms with E-state index in [0.29, 0.717) is 22.3 Å². The van der Waals surface area contributed by atoms with Gasteiger partial charge in [0.1, 0.15) is 24.7 Å². The summed E-state index contributed by atoms with van der Waals surface area (Å²) in [4.78, 5) is 4.04. The number of benzene rings is 1. The molecule has 0 atom stereocenters. The van der Waals surface area contributed by atoms with Gasteiger partial charge in [-0.25, -0.2) is 4.98 Å². The van der Waals surface area contributed by atoms with E-state index in [0.717, 1.165) is 5.56 Å². The predicted octanol–water partition coefficient (Wildman–Crippen LogP) is 2.61. The minimum atomic E-state index is -0.107. The Labute approximate surface area is 131 Å². The SMILES string of the molecule is Cc1cc(OCCO)cc(OCCO)c1N=Nc1nccs1. The van der Waals surface area contributed by atoms with Gasteiger partial charge in [-0.1, -0.05) is 0 Å². The molecule has 2 aromatic rings. The summed E-state index contributed by atoms with van der Waals surface area (Å²) in [5, 5.41) is 28.4. The van der Waals surface area contributed by atoms with E-state index in [1.54, 1.807) is 18.3 Å². The molecule has 22 heavy (non-hydrogen) atoms. The molecule has 118 valence electrons. The number of hydrogen-bond acceptors (Lipinski definition) is 8. The summed E-state index contributed by atoms with van der Waals surface area (Å²) < 4.78 is 10.9. The number of rotatable bonds is 8. The minimum Gasteiger partial charge on any atom is -0.491 e. The fraction of sp³-hybridized carbons (Fsp3) is 0.357. The van der Waals surface area contributed by atoms with Crippen molar-refractivity contribution in [2.45, 2.75) is 6.92 Å². The Kier molecular flexibility index (Phi) is 6.26. The molecule has 1 aromatic heterocycles. The maximum Gasteiger partial charge on any atom is 0.229 e. The van der Waals surface area contributed by atoms with Crippen LogP contribution in [0, 0.1) is 6.92 Å². The molecule has 0 radical (unpaired) electrons. The van der Waals surface area contributed by atoms with Crippen molar-refractivity contribution in [1.82, 2.24) is 4.98 Å². The van der Waals surface area contributed by atoms with Crippen LogP contribution in [0.2, 0.25) is 0 Å². The number of thiazole rings is 1. The van der Waals surface area contributed by atoms with Crippen molar-refractivity contribution in [2.24, 2.45) is 10.2 Å². The third kappa shape index (κ3) is 4.48. The van der Waals surface area contributed by atoms with Gasteiger partial charge >= 0.3 is 0 Å². The van der Waals surface area contributed by atoms with Gasteiger partial charge < -0.3 is 19.7 Å². The highest BCUT2D eigenvalue weighted by Crippen LogP contribution is 2.37. The fourth-order valence-corrected chi connectivity index (χ4v) is 2.17. The number of aryl methyl sites for hydroxylation is 1. The van der Waals surface area contributed by atoms with Crippen LogP contribution in [-0.4, -0.2) is 41.6 Å². The molecule has 2 rings (SSSR count). The summed E-state index contributed by atoms with van der Waals surface area (Å²) in [6.07, 6.45) is 1.65. The molecule has 0 saturated carbocycles. The quantitative estimate of drug-likeness (QED) is 0.728. The Balaban J connectivity index is 2.28. The van der Waals surface area contributed by atoms with Crippen molar-refractivity contribution in [3.05, 3.63) is 29.3 Å². The zero-order valence-corrected chi connectivity index (χ0v) is 12.9. The second-order valence-electron chi connectivity index (χ2n) is 4.25. The average Bonchev–Trinajstić information content (AvgIpc) is 3.03. The Bertz CT molecular complexity index is 617. The molecule has 0 aliphatic rings. The lowest BCUT2D eigenvalue weighted by Crippen LogP contribution is -2.04. The third-order valence-electron chi connectivity index (χ3n) is 2.60. The standard InChI is InChI=1S/C14H17N3O4S/c1-10-8-11(20-5-3-18)9-12(21-6-4-19)13(10)16-17-14-15-2-7-22-14/h2,7-9,18-19H,3-6H2,1H3. The van der Waals surface area contributed by atoms with Crippen LogP contribution in [0.1, 0.15) is 5.56 Å². The molecule has 0 unspecified atom stereocenters. The molecule has 0 spiro atoms. The Hall–Kier alpha value is -2.03. The number of azo groups is 1. The zero-order chi connectivity index (χ0) is 15.8. The van der Waals surface area contributed by atoms with E-state index in [1.807, 2.05) is 12.3 Å². The van der Waals surface area contributed by atoms with Crippen LogP contribution in [0.5, 0.6) is 11.5 Å². The minimum absolute atomic E-state index is 0.0720. The van der Waals surface area contributed by atoms with Crippen LogP contribution in [0.4, 0.5) is 10.8 Å². The normalized spacial score (nSPS) is 11.0. The largest absolute Gasteiger partial charge is 0.491 e. The lowest BCUT2D eigenvalue weighted by molar-refractivity contribution is 0.195. The molecular weight excluding hydrogens is 306 g/mol. The first-order chi connectivity index (χ1) is 10.7. The van der Waals surface area contributed by atoms with Crippen LogP contribution in [-0.2, 0) is 0 Å². The maximum atomic E-state index is 8.93. The lowest BCUT2D eigenvalue weighted by atomic mass is 10.2. The van der Waals surface area contributed by atoms with Gasteiger partial charge in [0.2, 0.25) is 5.13 Å². The average molecular weight is 323 g/mol.